The first-order chi connectivity index (χ1) is 10.2. The normalized spacial score (nSPS) is 20.8. The molecule has 6 nitrogen and oxygen atoms in total. The summed E-state index contributed by atoms with van der Waals surface area (Å²) in [4.78, 5) is 30.7. The summed E-state index contributed by atoms with van der Waals surface area (Å²) in [7, 11) is 0. The molecule has 0 fully saturated rings. The van der Waals surface area contributed by atoms with Crippen molar-refractivity contribution in [1.82, 2.24) is 15.3 Å². The number of nitrogens with one attached hydrogen (secondary N) is 2. The average Bonchev–Trinajstić information content (AvgIpc) is 2.95. The lowest BCUT2D eigenvalue weighted by atomic mass is 10.1. The number of hydrogen-bond acceptors (Lipinski definition) is 4. The number of aliphatic hydroxyl groups is 1. The summed E-state index contributed by atoms with van der Waals surface area (Å²) in [6, 6.07) is 6.72. The van der Waals surface area contributed by atoms with Crippen molar-refractivity contribution < 1.29 is 9.90 Å². The number of carbonyl (C=O) groups excluding carboxylic acids is 1. The highest BCUT2D eigenvalue weighted by Gasteiger charge is 2.21. The van der Waals surface area contributed by atoms with Crippen molar-refractivity contribution in [3.05, 3.63) is 52.6 Å². The van der Waals surface area contributed by atoms with Gasteiger partial charge in [-0.25, -0.2) is 4.98 Å². The van der Waals surface area contributed by atoms with Crippen LogP contribution in [0.15, 0.2) is 41.2 Å². The number of rotatable bonds is 3. The van der Waals surface area contributed by atoms with Gasteiger partial charge < -0.3 is 15.4 Å². The molecule has 108 valence electrons. The van der Waals surface area contributed by atoms with Crippen LogP contribution in [0.2, 0.25) is 0 Å². The quantitative estimate of drug-likeness (QED) is 0.719. The number of aromatic amines is 1. The van der Waals surface area contributed by atoms with Crippen molar-refractivity contribution in [2.75, 3.05) is 6.61 Å². The van der Waals surface area contributed by atoms with E-state index in [1.165, 1.54) is 0 Å². The Labute approximate surface area is 120 Å². The third-order valence-electron chi connectivity index (χ3n) is 3.55. The van der Waals surface area contributed by atoms with E-state index in [-0.39, 0.29) is 30.0 Å². The Balaban J connectivity index is 1.82. The Bertz CT molecular complexity index is 766. The first-order valence-electron chi connectivity index (χ1n) is 6.76. The zero-order chi connectivity index (χ0) is 14.8. The first kappa shape index (κ1) is 13.5. The molecule has 0 unspecified atom stereocenters. The number of para-hydroxylation sites is 1. The standard InChI is InChI=1S/C15H15N3O3/c19-8-9-5-6-10(7-9)16-15(21)13-17-12-4-2-1-3-11(12)14(20)18-13/h1-6,9-10,19H,7-8H2,(H,16,21)(H,17,18,20)/t9-,10+/m0/s1. The summed E-state index contributed by atoms with van der Waals surface area (Å²) >= 11 is 0. The summed E-state index contributed by atoms with van der Waals surface area (Å²) in [5, 5.41) is 12.3. The van der Waals surface area contributed by atoms with E-state index in [2.05, 4.69) is 15.3 Å². The lowest BCUT2D eigenvalue weighted by molar-refractivity contribution is 0.0930. The number of benzene rings is 1. The van der Waals surface area contributed by atoms with Crippen LogP contribution in [-0.4, -0.2) is 33.6 Å². The Morgan fingerprint density at radius 1 is 1.38 bits per heavy atom. The highest BCUT2D eigenvalue weighted by molar-refractivity contribution is 5.92. The van der Waals surface area contributed by atoms with E-state index in [1.54, 1.807) is 24.3 Å². The van der Waals surface area contributed by atoms with Crippen molar-refractivity contribution in [1.29, 1.82) is 0 Å². The van der Waals surface area contributed by atoms with Gasteiger partial charge in [0.25, 0.3) is 11.5 Å². The Morgan fingerprint density at radius 3 is 2.95 bits per heavy atom. The Hall–Kier alpha value is -2.47. The molecular weight excluding hydrogens is 270 g/mol. The van der Waals surface area contributed by atoms with Gasteiger partial charge in [0.1, 0.15) is 0 Å². The van der Waals surface area contributed by atoms with Gasteiger partial charge in [-0.2, -0.15) is 0 Å². The van der Waals surface area contributed by atoms with E-state index in [0.29, 0.717) is 17.3 Å². The number of nitrogens with zero attached hydrogens (tertiary/aromatic N) is 1. The summed E-state index contributed by atoms with van der Waals surface area (Å²) in [6.45, 7) is 0.0634. The zero-order valence-corrected chi connectivity index (χ0v) is 11.2. The zero-order valence-electron chi connectivity index (χ0n) is 11.2. The van der Waals surface area contributed by atoms with Crippen LogP contribution < -0.4 is 10.9 Å². The van der Waals surface area contributed by atoms with Gasteiger partial charge in [-0.15, -0.1) is 0 Å². The van der Waals surface area contributed by atoms with E-state index in [4.69, 9.17) is 5.11 Å². The van der Waals surface area contributed by atoms with Crippen LogP contribution in [0.3, 0.4) is 0 Å². The number of amides is 1. The van der Waals surface area contributed by atoms with Crippen molar-refractivity contribution in [2.45, 2.75) is 12.5 Å². The van der Waals surface area contributed by atoms with Gasteiger partial charge in [-0.1, -0.05) is 24.3 Å². The monoisotopic (exact) mass is 285 g/mol. The van der Waals surface area contributed by atoms with E-state index >= 15 is 0 Å². The minimum absolute atomic E-state index is 0.000418. The maximum Gasteiger partial charge on any atom is 0.287 e. The molecular formula is C15H15N3O3. The molecule has 3 rings (SSSR count). The highest BCUT2D eigenvalue weighted by Crippen LogP contribution is 2.17. The lowest BCUT2D eigenvalue weighted by Crippen LogP contribution is -2.35. The maximum atomic E-state index is 12.2. The van der Waals surface area contributed by atoms with Crippen LogP contribution in [0.1, 0.15) is 17.0 Å². The van der Waals surface area contributed by atoms with Gasteiger partial charge in [0, 0.05) is 18.6 Å². The van der Waals surface area contributed by atoms with Gasteiger partial charge in [-0.3, -0.25) is 9.59 Å². The second-order valence-electron chi connectivity index (χ2n) is 5.07. The highest BCUT2D eigenvalue weighted by atomic mass is 16.3. The minimum atomic E-state index is -0.425. The third-order valence-corrected chi connectivity index (χ3v) is 3.55. The average molecular weight is 285 g/mol. The molecule has 0 aliphatic heterocycles. The number of hydrogen-bond donors (Lipinski definition) is 3. The molecule has 21 heavy (non-hydrogen) atoms. The number of aromatic nitrogens is 2. The van der Waals surface area contributed by atoms with E-state index in [0.717, 1.165) is 0 Å². The number of carbonyl (C=O) groups is 1. The molecule has 1 heterocycles. The molecule has 1 aromatic carbocycles. The number of aliphatic hydroxyl groups excluding tert-OH is 1. The molecule has 6 heteroatoms. The van der Waals surface area contributed by atoms with Gasteiger partial charge in [0.05, 0.1) is 10.9 Å². The van der Waals surface area contributed by atoms with E-state index < -0.39 is 5.91 Å². The van der Waals surface area contributed by atoms with Crippen molar-refractivity contribution in [2.24, 2.45) is 5.92 Å². The number of fused-ring (bicyclic) bond motifs is 1. The minimum Gasteiger partial charge on any atom is -0.396 e. The van der Waals surface area contributed by atoms with E-state index in [9.17, 15) is 9.59 Å². The molecule has 0 radical (unpaired) electrons. The predicted molar refractivity (Wildman–Crippen MR) is 78.0 cm³/mol. The smallest absolute Gasteiger partial charge is 0.287 e. The van der Waals surface area contributed by atoms with Crippen molar-refractivity contribution in [3.63, 3.8) is 0 Å². The van der Waals surface area contributed by atoms with Gasteiger partial charge in [-0.05, 0) is 18.6 Å². The molecule has 3 N–H and O–H groups in total. The van der Waals surface area contributed by atoms with Crippen LogP contribution in [0.5, 0.6) is 0 Å². The summed E-state index contributed by atoms with van der Waals surface area (Å²) < 4.78 is 0. The molecule has 1 aliphatic carbocycles. The summed E-state index contributed by atoms with van der Waals surface area (Å²) in [5.74, 6) is -0.357. The molecule has 2 atom stereocenters. The molecule has 0 bridgehead atoms. The van der Waals surface area contributed by atoms with Gasteiger partial charge in [0.2, 0.25) is 0 Å². The van der Waals surface area contributed by atoms with Crippen LogP contribution in [0.25, 0.3) is 10.9 Å². The van der Waals surface area contributed by atoms with Crippen LogP contribution in [0.4, 0.5) is 0 Å². The largest absolute Gasteiger partial charge is 0.396 e. The fourth-order valence-electron chi connectivity index (χ4n) is 2.45. The molecule has 1 amide bonds. The fourth-order valence-corrected chi connectivity index (χ4v) is 2.45. The topological polar surface area (TPSA) is 95.1 Å². The third kappa shape index (κ3) is 2.71. The predicted octanol–water partition coefficient (Wildman–Crippen LogP) is 0.590. The molecule has 1 aromatic heterocycles. The van der Waals surface area contributed by atoms with Crippen LogP contribution in [-0.2, 0) is 0 Å². The second kappa shape index (κ2) is 5.49. The van der Waals surface area contributed by atoms with Gasteiger partial charge >= 0.3 is 0 Å². The SMILES string of the molecule is O=C(N[C@@H]1C=C[C@H](CO)C1)c1nc2ccccc2c(=O)[nH]1. The number of H-pyrrole nitrogens is 1. The van der Waals surface area contributed by atoms with Gasteiger partial charge in [0.15, 0.2) is 5.82 Å². The van der Waals surface area contributed by atoms with Crippen LogP contribution >= 0.6 is 0 Å². The molecule has 0 saturated heterocycles. The second-order valence-corrected chi connectivity index (χ2v) is 5.07. The maximum absolute atomic E-state index is 12.2. The summed E-state index contributed by atoms with van der Waals surface area (Å²) in [6.07, 6.45) is 4.37. The molecule has 0 spiro atoms. The van der Waals surface area contributed by atoms with Crippen molar-refractivity contribution >= 4 is 16.8 Å². The first-order valence-corrected chi connectivity index (χ1v) is 6.76. The fraction of sp³-hybridized carbons (Fsp3) is 0.267. The summed E-state index contributed by atoms with van der Waals surface area (Å²) in [5.41, 5.74) is 0.155. The molecule has 1 aliphatic rings. The Kier molecular flexibility index (Phi) is 3.53. The van der Waals surface area contributed by atoms with E-state index in [1.807, 2.05) is 12.2 Å². The molecule has 0 saturated carbocycles. The van der Waals surface area contributed by atoms with Crippen molar-refractivity contribution in [3.8, 4) is 0 Å². The van der Waals surface area contributed by atoms with Crippen LogP contribution in [0, 0.1) is 5.92 Å². The lowest BCUT2D eigenvalue weighted by Gasteiger charge is -2.12. The molecule has 2 aromatic rings. The Morgan fingerprint density at radius 2 is 2.19 bits per heavy atom.